The molecular formula is C19H29ClN4O2. The van der Waals surface area contributed by atoms with Gasteiger partial charge in [0.1, 0.15) is 5.38 Å². The van der Waals surface area contributed by atoms with Gasteiger partial charge in [0.05, 0.1) is 5.56 Å². The number of carbonyl (C=O) groups excluding carboxylic acids is 2. The molecule has 26 heavy (non-hydrogen) atoms. The van der Waals surface area contributed by atoms with Crippen molar-refractivity contribution in [2.45, 2.75) is 31.6 Å². The Labute approximate surface area is 160 Å². The number of benzene rings is 1. The van der Waals surface area contributed by atoms with Crippen LogP contribution < -0.4 is 15.5 Å². The zero-order valence-corrected chi connectivity index (χ0v) is 16.6. The van der Waals surface area contributed by atoms with Gasteiger partial charge in [0, 0.05) is 31.0 Å². The maximum atomic E-state index is 12.7. The Hall–Kier alpha value is -1.79. The van der Waals surface area contributed by atoms with E-state index in [2.05, 4.69) is 20.4 Å². The molecule has 144 valence electrons. The molecule has 1 heterocycles. The number of amides is 2. The highest BCUT2D eigenvalue weighted by Gasteiger charge is 2.20. The van der Waals surface area contributed by atoms with Gasteiger partial charge in [-0.05, 0) is 65.0 Å². The van der Waals surface area contributed by atoms with Crippen molar-refractivity contribution in [3.63, 3.8) is 0 Å². The van der Waals surface area contributed by atoms with E-state index in [1.54, 1.807) is 13.0 Å². The minimum absolute atomic E-state index is 0.110. The highest BCUT2D eigenvalue weighted by atomic mass is 35.5. The number of alkyl halides is 1. The van der Waals surface area contributed by atoms with Crippen molar-refractivity contribution in [1.82, 2.24) is 10.2 Å². The average Bonchev–Trinajstić information content (AvgIpc) is 3.12. The number of carbonyl (C=O) groups is 2. The molecule has 2 amide bonds. The second-order valence-electron chi connectivity index (χ2n) is 6.94. The predicted molar refractivity (Wildman–Crippen MR) is 107 cm³/mol. The molecule has 1 unspecified atom stereocenters. The lowest BCUT2D eigenvalue weighted by atomic mass is 10.1. The predicted octanol–water partition coefficient (Wildman–Crippen LogP) is 2.53. The average molecular weight is 381 g/mol. The summed E-state index contributed by atoms with van der Waals surface area (Å²) in [6.45, 7) is 5.05. The van der Waals surface area contributed by atoms with E-state index < -0.39 is 5.38 Å². The molecule has 2 N–H and O–H groups in total. The summed E-state index contributed by atoms with van der Waals surface area (Å²) in [6.07, 6.45) is 3.15. The van der Waals surface area contributed by atoms with E-state index in [1.807, 2.05) is 26.2 Å². The molecule has 0 spiro atoms. The minimum Gasteiger partial charge on any atom is -0.371 e. The summed E-state index contributed by atoms with van der Waals surface area (Å²) in [4.78, 5) is 28.9. The molecule has 0 aromatic heterocycles. The number of hydrogen-bond acceptors (Lipinski definition) is 4. The molecule has 1 atom stereocenters. The van der Waals surface area contributed by atoms with Crippen LogP contribution in [0.25, 0.3) is 0 Å². The Balaban J connectivity index is 2.15. The van der Waals surface area contributed by atoms with Crippen molar-refractivity contribution in [3.8, 4) is 0 Å². The first kappa shape index (κ1) is 20.5. The molecule has 0 aliphatic carbocycles. The molecule has 1 aliphatic rings. The van der Waals surface area contributed by atoms with Crippen molar-refractivity contribution in [2.75, 3.05) is 50.5 Å². The fourth-order valence-electron chi connectivity index (χ4n) is 2.96. The molecule has 1 aromatic rings. The van der Waals surface area contributed by atoms with Crippen LogP contribution in [0, 0.1) is 0 Å². The van der Waals surface area contributed by atoms with E-state index in [9.17, 15) is 9.59 Å². The van der Waals surface area contributed by atoms with E-state index in [0.29, 0.717) is 17.8 Å². The highest BCUT2D eigenvalue weighted by molar-refractivity contribution is 6.32. The maximum absolute atomic E-state index is 12.7. The number of halogens is 1. The molecule has 1 saturated heterocycles. The normalized spacial score (nSPS) is 15.2. The van der Waals surface area contributed by atoms with Crippen LogP contribution in [0.1, 0.15) is 36.5 Å². The summed E-state index contributed by atoms with van der Waals surface area (Å²) in [6, 6.07) is 5.48. The minimum atomic E-state index is -0.628. The maximum Gasteiger partial charge on any atom is 0.253 e. The number of nitrogens with zero attached hydrogens (tertiary/aromatic N) is 2. The molecule has 1 aliphatic heterocycles. The summed E-state index contributed by atoms with van der Waals surface area (Å²) in [5.41, 5.74) is 2.10. The molecule has 2 rings (SSSR count). The van der Waals surface area contributed by atoms with Crippen LogP contribution in [0.4, 0.5) is 11.4 Å². The van der Waals surface area contributed by atoms with Crippen molar-refractivity contribution in [1.29, 1.82) is 0 Å². The fraction of sp³-hybridized carbons (Fsp3) is 0.579. The fourth-order valence-corrected chi connectivity index (χ4v) is 3.02. The molecule has 1 aromatic carbocycles. The quantitative estimate of drug-likeness (QED) is 0.537. The van der Waals surface area contributed by atoms with Crippen LogP contribution in [0.5, 0.6) is 0 Å². The van der Waals surface area contributed by atoms with Gasteiger partial charge < -0.3 is 20.4 Å². The Morgan fingerprint density at radius 2 is 1.96 bits per heavy atom. The lowest BCUT2D eigenvalue weighted by Crippen LogP contribution is -2.30. The van der Waals surface area contributed by atoms with E-state index >= 15 is 0 Å². The summed E-state index contributed by atoms with van der Waals surface area (Å²) in [7, 11) is 4.02. The molecule has 7 heteroatoms. The topological polar surface area (TPSA) is 64.7 Å². The third-order valence-electron chi connectivity index (χ3n) is 4.38. The summed E-state index contributed by atoms with van der Waals surface area (Å²) in [5.74, 6) is -0.390. The van der Waals surface area contributed by atoms with Crippen molar-refractivity contribution in [2.24, 2.45) is 0 Å². The first-order chi connectivity index (χ1) is 12.4. The van der Waals surface area contributed by atoms with E-state index in [1.165, 1.54) is 0 Å². The largest absolute Gasteiger partial charge is 0.371 e. The molecule has 0 saturated carbocycles. The lowest BCUT2D eigenvalue weighted by Gasteiger charge is -2.22. The number of rotatable bonds is 8. The van der Waals surface area contributed by atoms with Gasteiger partial charge in [-0.25, -0.2) is 0 Å². The molecule has 0 bridgehead atoms. The number of hydrogen-bond donors (Lipinski definition) is 2. The van der Waals surface area contributed by atoms with Crippen LogP contribution in [0.3, 0.4) is 0 Å². The molecular weight excluding hydrogens is 352 g/mol. The van der Waals surface area contributed by atoms with Crippen molar-refractivity contribution >= 4 is 34.8 Å². The third kappa shape index (κ3) is 5.88. The Morgan fingerprint density at radius 3 is 2.58 bits per heavy atom. The van der Waals surface area contributed by atoms with Crippen LogP contribution >= 0.6 is 11.6 Å². The van der Waals surface area contributed by atoms with Gasteiger partial charge >= 0.3 is 0 Å². The number of nitrogens with one attached hydrogen (secondary N) is 2. The third-order valence-corrected chi connectivity index (χ3v) is 4.58. The zero-order chi connectivity index (χ0) is 19.1. The molecule has 0 radical (unpaired) electrons. The van der Waals surface area contributed by atoms with Gasteiger partial charge in [0.15, 0.2) is 0 Å². The monoisotopic (exact) mass is 380 g/mol. The van der Waals surface area contributed by atoms with Crippen LogP contribution in [0.15, 0.2) is 18.2 Å². The lowest BCUT2D eigenvalue weighted by molar-refractivity contribution is -0.115. The summed E-state index contributed by atoms with van der Waals surface area (Å²) in [5, 5.41) is 5.12. The van der Waals surface area contributed by atoms with Gasteiger partial charge in [-0.1, -0.05) is 0 Å². The van der Waals surface area contributed by atoms with Gasteiger partial charge in [0.2, 0.25) is 5.91 Å². The van der Waals surface area contributed by atoms with Crippen molar-refractivity contribution < 1.29 is 9.59 Å². The van der Waals surface area contributed by atoms with Crippen LogP contribution in [0.2, 0.25) is 0 Å². The van der Waals surface area contributed by atoms with E-state index in [4.69, 9.17) is 11.6 Å². The van der Waals surface area contributed by atoms with E-state index in [-0.39, 0.29) is 11.8 Å². The highest BCUT2D eigenvalue weighted by Crippen LogP contribution is 2.27. The SMILES string of the molecule is CC(Cl)C(=O)Nc1ccc(N2CCCC2)c(C(=O)NCCCN(C)C)c1. The van der Waals surface area contributed by atoms with Gasteiger partial charge in [-0.3, -0.25) is 9.59 Å². The Morgan fingerprint density at radius 1 is 1.27 bits per heavy atom. The smallest absolute Gasteiger partial charge is 0.253 e. The zero-order valence-electron chi connectivity index (χ0n) is 15.8. The number of anilines is 2. The van der Waals surface area contributed by atoms with Gasteiger partial charge in [0.25, 0.3) is 5.91 Å². The van der Waals surface area contributed by atoms with Crippen LogP contribution in [-0.2, 0) is 4.79 Å². The Bertz CT molecular complexity index is 628. The van der Waals surface area contributed by atoms with Crippen LogP contribution in [-0.4, -0.2) is 62.4 Å². The second-order valence-corrected chi connectivity index (χ2v) is 7.60. The second kappa shape index (κ2) is 9.78. The standard InChI is InChI=1S/C19H29ClN4O2/c1-14(20)18(25)22-15-7-8-17(24-11-4-5-12-24)16(13-15)19(26)21-9-6-10-23(2)3/h7-8,13-14H,4-6,9-12H2,1-3H3,(H,21,26)(H,22,25). The summed E-state index contributed by atoms with van der Waals surface area (Å²) >= 11 is 5.82. The summed E-state index contributed by atoms with van der Waals surface area (Å²) < 4.78 is 0. The first-order valence-corrected chi connectivity index (χ1v) is 9.59. The molecule has 1 fully saturated rings. The van der Waals surface area contributed by atoms with Gasteiger partial charge in [-0.15, -0.1) is 11.6 Å². The van der Waals surface area contributed by atoms with Crippen molar-refractivity contribution in [3.05, 3.63) is 23.8 Å². The Kier molecular flexibility index (Phi) is 7.72. The van der Waals surface area contributed by atoms with Gasteiger partial charge in [-0.2, -0.15) is 0 Å². The first-order valence-electron chi connectivity index (χ1n) is 9.15. The molecule has 6 nitrogen and oxygen atoms in total. The van der Waals surface area contributed by atoms with E-state index in [0.717, 1.165) is 44.6 Å².